The van der Waals surface area contributed by atoms with Crippen LogP contribution in [0.25, 0.3) is 0 Å². The van der Waals surface area contributed by atoms with Gasteiger partial charge in [-0.2, -0.15) is 0 Å². The highest BCUT2D eigenvalue weighted by Gasteiger charge is 2.54. The summed E-state index contributed by atoms with van der Waals surface area (Å²) in [5.74, 6) is -1.19. The van der Waals surface area contributed by atoms with Crippen molar-refractivity contribution in [1.29, 1.82) is 0 Å². The Bertz CT molecular complexity index is 1540. The molecule has 0 amide bonds. The van der Waals surface area contributed by atoms with Crippen LogP contribution >= 0.6 is 15.6 Å². The highest BCUT2D eigenvalue weighted by atomic mass is 31.2. The molecule has 0 spiro atoms. The van der Waals surface area contributed by atoms with Crippen LogP contribution in [0.1, 0.15) is 149 Å². The van der Waals surface area contributed by atoms with Crippen molar-refractivity contribution in [2.24, 2.45) is 0 Å². The zero-order chi connectivity index (χ0) is 47.6. The van der Waals surface area contributed by atoms with Crippen LogP contribution in [0.3, 0.4) is 0 Å². The van der Waals surface area contributed by atoms with Crippen molar-refractivity contribution >= 4 is 33.4 Å². The first-order chi connectivity index (χ1) is 30.5. The van der Waals surface area contributed by atoms with Crippen LogP contribution in [0.2, 0.25) is 0 Å². The molecule has 0 heterocycles. The van der Waals surface area contributed by atoms with E-state index in [0.29, 0.717) is 32.1 Å². The number of hydrogen-bond acceptors (Lipinski definition) is 14. The maximum absolute atomic E-state index is 13.0. The average molecular weight is 951 g/mol. The quantitative estimate of drug-likeness (QED) is 0.00795. The number of carbonyl (C=O) groups excluding carboxylic acids is 3. The fraction of sp³-hybridized carbons (Fsp3) is 0.711. The van der Waals surface area contributed by atoms with Crippen LogP contribution in [-0.4, -0.2) is 109 Å². The second-order valence-corrected chi connectivity index (χ2v) is 18.4. The van der Waals surface area contributed by atoms with Gasteiger partial charge >= 0.3 is 27.6 Å². The lowest BCUT2D eigenvalue weighted by molar-refractivity contribution is -0.216. The van der Waals surface area contributed by atoms with E-state index in [9.17, 15) is 48.8 Å². The molecule has 8 atom stereocenters. The van der Waals surface area contributed by atoms with Gasteiger partial charge in [0, 0.05) is 19.3 Å². The Balaban J connectivity index is 2.67. The van der Waals surface area contributed by atoms with E-state index >= 15 is 0 Å². The van der Waals surface area contributed by atoms with Crippen LogP contribution in [0.15, 0.2) is 60.8 Å². The first-order valence-electron chi connectivity index (χ1n) is 22.8. The van der Waals surface area contributed by atoms with E-state index in [1.165, 1.54) is 25.7 Å². The van der Waals surface area contributed by atoms with Crippen molar-refractivity contribution < 1.29 is 81.7 Å². The first-order valence-corrected chi connectivity index (χ1v) is 25.8. The maximum atomic E-state index is 13.0. The maximum Gasteiger partial charge on any atom is 0.472 e. The van der Waals surface area contributed by atoms with Crippen LogP contribution in [0.5, 0.6) is 0 Å². The van der Waals surface area contributed by atoms with Crippen LogP contribution in [-0.2, 0) is 46.6 Å². The fourth-order valence-electron chi connectivity index (χ4n) is 6.44. The van der Waals surface area contributed by atoms with Crippen molar-refractivity contribution in [1.82, 2.24) is 0 Å². The molecule has 0 aromatic carbocycles. The summed E-state index contributed by atoms with van der Waals surface area (Å²) in [6, 6.07) is 0. The Morgan fingerprint density at radius 2 is 1.06 bits per heavy atom. The molecule has 368 valence electrons. The van der Waals surface area contributed by atoms with E-state index in [1.54, 1.807) is 12.2 Å². The normalized spacial score (nSPS) is 22.3. The van der Waals surface area contributed by atoms with E-state index in [4.69, 9.17) is 28.3 Å². The molecule has 0 aromatic heterocycles. The Labute approximate surface area is 379 Å². The highest BCUT2D eigenvalue weighted by molar-refractivity contribution is 7.47. The Kier molecular flexibility index (Phi) is 33.0. The van der Waals surface area contributed by atoms with Crippen molar-refractivity contribution in [2.45, 2.75) is 191 Å². The summed E-state index contributed by atoms with van der Waals surface area (Å²) in [6.45, 7) is 2.85. The molecule has 1 saturated carbocycles. The number of aliphatic hydroxyl groups excluding tert-OH is 4. The number of aliphatic hydroxyl groups is 4. The van der Waals surface area contributed by atoms with Gasteiger partial charge in [-0.1, -0.05) is 120 Å². The molecule has 0 radical (unpaired) electrons. The molecule has 7 N–H and O–H groups in total. The van der Waals surface area contributed by atoms with Crippen LogP contribution in [0, 0.1) is 0 Å². The number of hydrogen-bond donors (Lipinski definition) is 7. The van der Waals surface area contributed by atoms with E-state index < -0.39 is 83.5 Å². The molecule has 17 nitrogen and oxygen atoms in total. The first kappa shape index (κ1) is 59.4. The lowest BCUT2D eigenvalue weighted by atomic mass is 9.85. The monoisotopic (exact) mass is 950 g/mol. The van der Waals surface area contributed by atoms with Gasteiger partial charge in [0.25, 0.3) is 0 Å². The minimum atomic E-state index is -5.38. The molecule has 0 aliphatic heterocycles. The number of ketones is 1. The summed E-state index contributed by atoms with van der Waals surface area (Å²) in [4.78, 5) is 65.9. The third kappa shape index (κ3) is 29.8. The largest absolute Gasteiger partial charge is 0.472 e. The van der Waals surface area contributed by atoms with Gasteiger partial charge in [0.05, 0.1) is 6.61 Å². The van der Waals surface area contributed by atoms with Crippen molar-refractivity contribution in [3.63, 3.8) is 0 Å². The molecule has 19 heteroatoms. The standard InChI is InChI=1S/C45H76O17P2/c1-3-5-7-8-9-10-11-12-15-19-22-25-29-33-39(48)60-37(35-59-64(56,57)62-45-42(51)40(49)41(50)44(43(45)52)61-63(53,54)55)34-58-38(47)32-28-24-21-18-16-13-14-17-20-23-27-31-36(46)30-26-6-4-2/h10-11,13-14,18,20-21,23,27,31,37,40-45,49-52H,3-9,12,15-17,19,22,24-26,28-30,32-35H2,1-2H3,(H,56,57)(H2,53,54,55)/b11-10-,14-13-,21-18-,23-20-,31-27+/t37-,40?,41?,42?,43?,44-,45+/m1/s1. The zero-order valence-electron chi connectivity index (χ0n) is 37.7. The van der Waals surface area contributed by atoms with Crippen molar-refractivity contribution in [3.05, 3.63) is 60.8 Å². The summed E-state index contributed by atoms with van der Waals surface area (Å²) in [6.07, 6.45) is 21.8. The van der Waals surface area contributed by atoms with Gasteiger partial charge in [0.15, 0.2) is 11.9 Å². The van der Waals surface area contributed by atoms with Gasteiger partial charge < -0.3 is 44.6 Å². The third-order valence-corrected chi connectivity index (χ3v) is 11.5. The van der Waals surface area contributed by atoms with Gasteiger partial charge in [0.1, 0.15) is 43.2 Å². The zero-order valence-corrected chi connectivity index (χ0v) is 39.5. The summed E-state index contributed by atoms with van der Waals surface area (Å²) in [5, 5.41) is 41.2. The number of ether oxygens (including phenoxy) is 2. The molecule has 0 aromatic rings. The molecule has 1 rings (SSSR count). The SMILES string of the molecule is CCCCCC/C=C\CCCCCCCC(=O)O[C@H](COC(=O)CCC/C=C\C/C=C\C/C=C\C=C\C(=O)CCCCC)COP(=O)(O)O[C@H]1C(O)C(O)C(O)[C@@H](OP(=O)(O)O)C1O. The third-order valence-electron chi connectivity index (χ3n) is 10.0. The van der Waals surface area contributed by atoms with E-state index in [1.807, 2.05) is 36.5 Å². The lowest BCUT2D eigenvalue weighted by Crippen LogP contribution is -2.64. The van der Waals surface area contributed by atoms with E-state index in [2.05, 4.69) is 30.5 Å². The minimum Gasteiger partial charge on any atom is -0.462 e. The number of unbranched alkanes of at least 4 members (excludes halogenated alkanes) is 12. The van der Waals surface area contributed by atoms with Gasteiger partial charge in [-0.05, 0) is 70.3 Å². The molecular weight excluding hydrogens is 874 g/mol. The number of esters is 2. The minimum absolute atomic E-state index is 0.00795. The van der Waals surface area contributed by atoms with E-state index in [-0.39, 0.29) is 18.6 Å². The molecule has 1 aliphatic carbocycles. The molecule has 0 saturated heterocycles. The second-order valence-electron chi connectivity index (χ2n) is 15.8. The molecule has 1 fully saturated rings. The lowest BCUT2D eigenvalue weighted by Gasteiger charge is -2.43. The molecule has 1 aliphatic rings. The number of allylic oxidation sites excluding steroid dienone is 10. The van der Waals surface area contributed by atoms with Gasteiger partial charge in [0.2, 0.25) is 0 Å². The number of phosphoric ester groups is 2. The molecule has 5 unspecified atom stereocenters. The predicted octanol–water partition coefficient (Wildman–Crippen LogP) is 7.46. The average Bonchev–Trinajstić information content (AvgIpc) is 3.24. The fourth-order valence-corrected chi connectivity index (χ4v) is 7.98. The molecule has 64 heavy (non-hydrogen) atoms. The van der Waals surface area contributed by atoms with Crippen molar-refractivity contribution in [2.75, 3.05) is 13.2 Å². The Hall–Kier alpha value is -2.63. The number of carbonyl (C=O) groups is 3. The van der Waals surface area contributed by atoms with Gasteiger partial charge in [-0.25, -0.2) is 9.13 Å². The molecule has 0 bridgehead atoms. The topological polar surface area (TPSA) is 273 Å². The van der Waals surface area contributed by atoms with Gasteiger partial charge in [-0.3, -0.25) is 28.0 Å². The predicted molar refractivity (Wildman–Crippen MR) is 241 cm³/mol. The smallest absolute Gasteiger partial charge is 0.462 e. The van der Waals surface area contributed by atoms with Crippen molar-refractivity contribution in [3.8, 4) is 0 Å². The van der Waals surface area contributed by atoms with Gasteiger partial charge in [-0.15, -0.1) is 0 Å². The summed E-state index contributed by atoms with van der Waals surface area (Å²) in [7, 11) is -10.7. The summed E-state index contributed by atoms with van der Waals surface area (Å²) >= 11 is 0. The number of rotatable bonds is 37. The highest BCUT2D eigenvalue weighted by Crippen LogP contribution is 2.49. The van der Waals surface area contributed by atoms with E-state index in [0.717, 1.165) is 64.2 Å². The summed E-state index contributed by atoms with van der Waals surface area (Å²) in [5.41, 5.74) is 0. The van der Waals surface area contributed by atoms with Crippen LogP contribution in [0.4, 0.5) is 0 Å². The molecular formula is C45H76O17P2. The van der Waals surface area contributed by atoms with Crippen LogP contribution < -0.4 is 0 Å². The summed E-state index contributed by atoms with van der Waals surface area (Å²) < 4.78 is 49.2. The second kappa shape index (κ2) is 35.5. The Morgan fingerprint density at radius 3 is 1.72 bits per heavy atom. The Morgan fingerprint density at radius 1 is 0.547 bits per heavy atom. The number of phosphoric acid groups is 2.